The van der Waals surface area contributed by atoms with Crippen LogP contribution in [0.15, 0.2) is 11.4 Å². The second-order valence-electron chi connectivity index (χ2n) is 4.98. The molecule has 0 aromatic carbocycles. The standard InChI is InChI=1S/C13H19N3O2S/c1-8-3-2-4-16(10(8)6-14)13(18)11-5-9(7-19-11)12(15)17/h5,7-8,10H,2-4,6,14H2,1H3,(H2,15,17)/t8-,10-/m1/s1. The van der Waals surface area contributed by atoms with Crippen molar-refractivity contribution in [3.63, 3.8) is 0 Å². The molecule has 0 saturated carbocycles. The summed E-state index contributed by atoms with van der Waals surface area (Å²) in [4.78, 5) is 25.9. The maximum absolute atomic E-state index is 12.5. The lowest BCUT2D eigenvalue weighted by Gasteiger charge is -2.39. The number of carbonyl (C=O) groups excluding carboxylic acids is 2. The molecule has 0 unspecified atom stereocenters. The van der Waals surface area contributed by atoms with E-state index in [0.717, 1.165) is 19.4 Å². The first kappa shape index (κ1) is 14.0. The molecule has 2 atom stereocenters. The van der Waals surface area contributed by atoms with E-state index in [1.165, 1.54) is 11.3 Å². The van der Waals surface area contributed by atoms with Crippen LogP contribution in [0, 0.1) is 5.92 Å². The molecule has 0 bridgehead atoms. The Morgan fingerprint density at radius 1 is 1.53 bits per heavy atom. The molecule has 5 nitrogen and oxygen atoms in total. The van der Waals surface area contributed by atoms with Crippen LogP contribution in [0.1, 0.15) is 39.8 Å². The highest BCUT2D eigenvalue weighted by atomic mass is 32.1. The van der Waals surface area contributed by atoms with Crippen LogP contribution in [0.3, 0.4) is 0 Å². The van der Waals surface area contributed by atoms with Gasteiger partial charge in [-0.1, -0.05) is 6.92 Å². The number of hydrogen-bond donors (Lipinski definition) is 2. The van der Waals surface area contributed by atoms with Gasteiger partial charge in [0.05, 0.1) is 10.4 Å². The van der Waals surface area contributed by atoms with Crippen LogP contribution in [-0.4, -0.2) is 35.8 Å². The molecule has 4 N–H and O–H groups in total. The number of likely N-dealkylation sites (tertiary alicyclic amines) is 1. The van der Waals surface area contributed by atoms with Crippen molar-refractivity contribution in [3.8, 4) is 0 Å². The van der Waals surface area contributed by atoms with Gasteiger partial charge in [0.15, 0.2) is 0 Å². The van der Waals surface area contributed by atoms with Crippen LogP contribution >= 0.6 is 11.3 Å². The predicted molar refractivity (Wildman–Crippen MR) is 75.1 cm³/mol. The Balaban J connectivity index is 2.19. The van der Waals surface area contributed by atoms with E-state index in [2.05, 4.69) is 6.92 Å². The van der Waals surface area contributed by atoms with Gasteiger partial charge in [0.2, 0.25) is 5.91 Å². The number of rotatable bonds is 3. The topological polar surface area (TPSA) is 89.4 Å². The lowest BCUT2D eigenvalue weighted by atomic mass is 9.90. The Morgan fingerprint density at radius 3 is 2.84 bits per heavy atom. The maximum Gasteiger partial charge on any atom is 0.264 e. The van der Waals surface area contributed by atoms with Gasteiger partial charge in [0.1, 0.15) is 0 Å². The Morgan fingerprint density at radius 2 is 2.26 bits per heavy atom. The molecule has 104 valence electrons. The van der Waals surface area contributed by atoms with Crippen molar-refractivity contribution in [2.24, 2.45) is 17.4 Å². The fourth-order valence-electron chi connectivity index (χ4n) is 2.58. The largest absolute Gasteiger partial charge is 0.366 e. The summed E-state index contributed by atoms with van der Waals surface area (Å²) >= 11 is 1.26. The summed E-state index contributed by atoms with van der Waals surface area (Å²) in [6.07, 6.45) is 2.10. The van der Waals surface area contributed by atoms with Crippen molar-refractivity contribution in [1.82, 2.24) is 4.90 Å². The average molecular weight is 281 g/mol. The van der Waals surface area contributed by atoms with E-state index in [1.54, 1.807) is 11.4 Å². The van der Waals surface area contributed by atoms with Gasteiger partial charge in [-0.05, 0) is 24.8 Å². The Bertz CT molecular complexity index is 486. The molecule has 1 aliphatic heterocycles. The molecule has 1 saturated heterocycles. The summed E-state index contributed by atoms with van der Waals surface area (Å²) in [7, 11) is 0. The Hall–Kier alpha value is -1.40. The summed E-state index contributed by atoms with van der Waals surface area (Å²) in [5, 5.41) is 1.63. The van der Waals surface area contributed by atoms with E-state index in [9.17, 15) is 9.59 Å². The summed E-state index contributed by atoms with van der Waals surface area (Å²) in [6.45, 7) is 3.33. The minimum Gasteiger partial charge on any atom is -0.366 e. The number of amides is 2. The third kappa shape index (κ3) is 2.79. The second kappa shape index (κ2) is 5.71. The molecular formula is C13H19N3O2S. The van der Waals surface area contributed by atoms with E-state index in [1.807, 2.05) is 4.90 Å². The van der Waals surface area contributed by atoms with E-state index in [-0.39, 0.29) is 11.9 Å². The van der Waals surface area contributed by atoms with E-state index >= 15 is 0 Å². The van der Waals surface area contributed by atoms with Gasteiger partial charge in [0, 0.05) is 24.5 Å². The lowest BCUT2D eigenvalue weighted by molar-refractivity contribution is 0.0537. The molecule has 2 heterocycles. The number of carbonyl (C=O) groups is 2. The van der Waals surface area contributed by atoms with Crippen molar-refractivity contribution in [3.05, 3.63) is 21.9 Å². The Kier molecular flexibility index (Phi) is 4.21. The van der Waals surface area contributed by atoms with Crippen LogP contribution in [0.5, 0.6) is 0 Å². The molecule has 0 aliphatic carbocycles. The SMILES string of the molecule is C[C@@H]1CCCN(C(=O)c2cc(C(N)=O)cs2)[C@@H]1CN. The van der Waals surface area contributed by atoms with Crippen LogP contribution in [0.4, 0.5) is 0 Å². The van der Waals surface area contributed by atoms with Gasteiger partial charge in [-0.25, -0.2) is 0 Å². The van der Waals surface area contributed by atoms with E-state index < -0.39 is 5.91 Å². The van der Waals surface area contributed by atoms with E-state index in [0.29, 0.717) is 22.9 Å². The first-order valence-corrected chi connectivity index (χ1v) is 7.32. The molecule has 6 heteroatoms. The normalized spacial score (nSPS) is 23.4. The van der Waals surface area contributed by atoms with Crippen molar-refractivity contribution < 1.29 is 9.59 Å². The summed E-state index contributed by atoms with van der Waals surface area (Å²) in [6, 6.07) is 1.66. The molecule has 2 rings (SSSR count). The van der Waals surface area contributed by atoms with Crippen LogP contribution < -0.4 is 11.5 Å². The van der Waals surface area contributed by atoms with Gasteiger partial charge < -0.3 is 16.4 Å². The minimum absolute atomic E-state index is 0.0421. The van der Waals surface area contributed by atoms with Crippen molar-refractivity contribution in [1.29, 1.82) is 0 Å². The van der Waals surface area contributed by atoms with E-state index in [4.69, 9.17) is 11.5 Å². The highest BCUT2D eigenvalue weighted by molar-refractivity contribution is 7.12. The number of thiophene rings is 1. The molecule has 1 aliphatic rings. The van der Waals surface area contributed by atoms with Gasteiger partial charge in [-0.3, -0.25) is 9.59 Å². The third-order valence-corrected chi connectivity index (χ3v) is 4.63. The molecular weight excluding hydrogens is 262 g/mol. The fraction of sp³-hybridized carbons (Fsp3) is 0.538. The number of hydrogen-bond acceptors (Lipinski definition) is 4. The van der Waals surface area contributed by atoms with Gasteiger partial charge in [0.25, 0.3) is 5.91 Å². The molecule has 1 fully saturated rings. The van der Waals surface area contributed by atoms with Gasteiger partial charge in [-0.2, -0.15) is 0 Å². The zero-order valence-corrected chi connectivity index (χ0v) is 11.8. The Labute approximate surface area is 116 Å². The number of nitrogens with zero attached hydrogens (tertiary/aromatic N) is 1. The molecule has 2 amide bonds. The minimum atomic E-state index is -0.502. The smallest absolute Gasteiger partial charge is 0.264 e. The summed E-state index contributed by atoms with van der Waals surface area (Å²) in [5.41, 5.74) is 11.4. The summed E-state index contributed by atoms with van der Waals surface area (Å²) in [5.74, 6) is -0.129. The third-order valence-electron chi connectivity index (χ3n) is 3.71. The van der Waals surface area contributed by atoms with Crippen LogP contribution in [-0.2, 0) is 0 Å². The van der Waals surface area contributed by atoms with Crippen molar-refractivity contribution in [2.75, 3.05) is 13.1 Å². The molecule has 0 radical (unpaired) electrons. The highest BCUT2D eigenvalue weighted by Gasteiger charge is 2.31. The van der Waals surface area contributed by atoms with Crippen LogP contribution in [0.25, 0.3) is 0 Å². The predicted octanol–water partition coefficient (Wildman–Crippen LogP) is 1.05. The molecule has 1 aromatic heterocycles. The van der Waals surface area contributed by atoms with Gasteiger partial charge in [-0.15, -0.1) is 11.3 Å². The number of primary amides is 1. The lowest BCUT2D eigenvalue weighted by Crippen LogP contribution is -2.51. The zero-order chi connectivity index (χ0) is 14.0. The monoisotopic (exact) mass is 281 g/mol. The maximum atomic E-state index is 12.5. The molecule has 1 aromatic rings. The fourth-order valence-corrected chi connectivity index (χ4v) is 3.43. The quantitative estimate of drug-likeness (QED) is 0.867. The number of nitrogens with two attached hydrogens (primary N) is 2. The van der Waals surface area contributed by atoms with Crippen molar-refractivity contribution >= 4 is 23.2 Å². The number of piperidine rings is 1. The average Bonchev–Trinajstić information content (AvgIpc) is 2.87. The highest BCUT2D eigenvalue weighted by Crippen LogP contribution is 2.26. The first-order valence-electron chi connectivity index (χ1n) is 6.44. The second-order valence-corrected chi connectivity index (χ2v) is 5.90. The molecule has 0 spiro atoms. The van der Waals surface area contributed by atoms with Gasteiger partial charge >= 0.3 is 0 Å². The zero-order valence-electron chi connectivity index (χ0n) is 11.0. The van der Waals surface area contributed by atoms with Crippen molar-refractivity contribution in [2.45, 2.75) is 25.8 Å². The molecule has 19 heavy (non-hydrogen) atoms. The van der Waals surface area contributed by atoms with Crippen LogP contribution in [0.2, 0.25) is 0 Å². The first-order chi connectivity index (χ1) is 9.04. The summed E-state index contributed by atoms with van der Waals surface area (Å²) < 4.78 is 0.